The lowest BCUT2D eigenvalue weighted by molar-refractivity contribution is 1.34. The maximum absolute atomic E-state index is 6.05. The lowest BCUT2D eigenvalue weighted by atomic mass is 10.3. The first-order valence-electron chi connectivity index (χ1n) is 3.84. The van der Waals surface area contributed by atoms with Gasteiger partial charge < -0.3 is 0 Å². The number of rotatable bonds is 1. The van der Waals surface area contributed by atoms with Crippen LogP contribution in [0.25, 0.3) is 10.6 Å². The monoisotopic (exact) mass is 341 g/mol. The Morgan fingerprint density at radius 1 is 1.20 bits per heavy atom. The van der Waals surface area contributed by atoms with Crippen molar-refractivity contribution < 1.29 is 0 Å². The molecule has 0 unspecified atom stereocenters. The first-order chi connectivity index (χ1) is 7.09. The fourth-order valence-electron chi connectivity index (χ4n) is 1.07. The molecule has 2 heterocycles. The van der Waals surface area contributed by atoms with Gasteiger partial charge in [0, 0.05) is 4.47 Å². The van der Waals surface area contributed by atoms with E-state index < -0.39 is 0 Å². The van der Waals surface area contributed by atoms with Gasteiger partial charge in [0.1, 0.15) is 10.8 Å². The van der Waals surface area contributed by atoms with E-state index in [1.807, 2.05) is 11.4 Å². The zero-order valence-electron chi connectivity index (χ0n) is 7.10. The highest BCUT2D eigenvalue weighted by Crippen LogP contribution is 2.38. The van der Waals surface area contributed by atoms with E-state index in [1.165, 1.54) is 11.3 Å². The molecule has 2 rings (SSSR count). The zero-order chi connectivity index (χ0) is 11.0. The molecule has 0 N–H and O–H groups in total. The molecule has 78 valence electrons. The average molecular weight is 343 g/mol. The normalized spacial score (nSPS) is 10.7. The Kier molecular flexibility index (Phi) is 3.58. The largest absolute Gasteiger partial charge is 0.232 e. The van der Waals surface area contributed by atoms with Crippen LogP contribution in [0.5, 0.6) is 0 Å². The molecule has 0 saturated carbocycles. The van der Waals surface area contributed by atoms with Gasteiger partial charge in [-0.2, -0.15) is 0 Å². The van der Waals surface area contributed by atoms with Crippen LogP contribution in [0.15, 0.2) is 22.0 Å². The van der Waals surface area contributed by atoms with Gasteiger partial charge in [-0.3, -0.25) is 0 Å². The minimum absolute atomic E-state index is 0.261. The van der Waals surface area contributed by atoms with E-state index in [9.17, 15) is 0 Å². The first-order valence-corrected chi connectivity index (χ1v) is 6.65. The Hall–Kier alpha value is 0.200. The van der Waals surface area contributed by atoms with Crippen molar-refractivity contribution in [2.45, 2.75) is 0 Å². The molecule has 0 aliphatic rings. The lowest BCUT2D eigenvalue weighted by Crippen LogP contribution is -1.85. The van der Waals surface area contributed by atoms with Crippen LogP contribution in [0.1, 0.15) is 0 Å². The Balaban J connectivity index is 2.64. The van der Waals surface area contributed by atoms with Crippen molar-refractivity contribution in [1.82, 2.24) is 4.98 Å². The fourth-order valence-corrected chi connectivity index (χ4v) is 3.28. The third-order valence-electron chi connectivity index (χ3n) is 1.72. The van der Waals surface area contributed by atoms with Gasteiger partial charge in [0.05, 0.1) is 14.9 Å². The molecule has 0 atom stereocenters. The van der Waals surface area contributed by atoms with Crippen LogP contribution in [-0.4, -0.2) is 4.98 Å². The predicted molar refractivity (Wildman–Crippen MR) is 70.3 cm³/mol. The fraction of sp³-hybridized carbons (Fsp3) is 0. The average Bonchev–Trinajstić information content (AvgIpc) is 2.58. The van der Waals surface area contributed by atoms with Crippen LogP contribution in [0.2, 0.25) is 15.2 Å². The second-order valence-electron chi connectivity index (χ2n) is 2.69. The SMILES string of the molecule is Clc1cc(Cl)c(-c2sccc2Br)nc1Cl. The highest BCUT2D eigenvalue weighted by Gasteiger charge is 2.13. The van der Waals surface area contributed by atoms with Crippen LogP contribution in [0.3, 0.4) is 0 Å². The van der Waals surface area contributed by atoms with E-state index in [1.54, 1.807) is 6.07 Å². The third kappa shape index (κ3) is 2.32. The molecule has 0 amide bonds. The highest BCUT2D eigenvalue weighted by molar-refractivity contribution is 9.10. The number of hydrogen-bond donors (Lipinski definition) is 0. The third-order valence-corrected chi connectivity index (χ3v) is 4.52. The van der Waals surface area contributed by atoms with Crippen molar-refractivity contribution in [2.24, 2.45) is 0 Å². The maximum atomic E-state index is 6.05. The molecule has 0 aromatic carbocycles. The Morgan fingerprint density at radius 2 is 1.93 bits per heavy atom. The van der Waals surface area contributed by atoms with Crippen molar-refractivity contribution in [2.75, 3.05) is 0 Å². The van der Waals surface area contributed by atoms with Gasteiger partial charge >= 0.3 is 0 Å². The molecule has 2 aromatic heterocycles. The summed E-state index contributed by atoms with van der Waals surface area (Å²) < 4.78 is 0.945. The summed E-state index contributed by atoms with van der Waals surface area (Å²) in [5.74, 6) is 0. The van der Waals surface area contributed by atoms with Gasteiger partial charge in [0.2, 0.25) is 0 Å². The summed E-state index contributed by atoms with van der Waals surface area (Å²) in [6.07, 6.45) is 0. The standard InChI is InChI=1S/C9H3BrCl3NS/c10-4-1-2-15-8(4)7-5(11)3-6(12)9(13)14-7/h1-3H. The number of hydrogen-bond acceptors (Lipinski definition) is 2. The van der Waals surface area contributed by atoms with Crippen molar-refractivity contribution in [3.05, 3.63) is 37.2 Å². The number of nitrogens with zero attached hydrogens (tertiary/aromatic N) is 1. The van der Waals surface area contributed by atoms with Crippen LogP contribution < -0.4 is 0 Å². The van der Waals surface area contributed by atoms with Crippen molar-refractivity contribution in [1.29, 1.82) is 0 Å². The van der Waals surface area contributed by atoms with E-state index >= 15 is 0 Å². The number of halogens is 4. The Bertz CT molecular complexity index is 512. The van der Waals surface area contributed by atoms with Gasteiger partial charge in [-0.15, -0.1) is 11.3 Å². The van der Waals surface area contributed by atoms with E-state index in [0.717, 1.165) is 9.35 Å². The number of pyridine rings is 1. The Labute approximate surface area is 114 Å². The van der Waals surface area contributed by atoms with Crippen LogP contribution in [0.4, 0.5) is 0 Å². The molecule has 6 heteroatoms. The lowest BCUT2D eigenvalue weighted by Gasteiger charge is -2.03. The summed E-state index contributed by atoms with van der Waals surface area (Å²) in [7, 11) is 0. The summed E-state index contributed by atoms with van der Waals surface area (Å²) in [5.41, 5.74) is 0.646. The zero-order valence-corrected chi connectivity index (χ0v) is 11.8. The molecule has 2 aromatic rings. The van der Waals surface area contributed by atoms with Crippen LogP contribution >= 0.6 is 62.1 Å². The van der Waals surface area contributed by atoms with Crippen molar-refractivity contribution >= 4 is 62.1 Å². The molecule has 0 aliphatic carbocycles. The highest BCUT2D eigenvalue weighted by atomic mass is 79.9. The quantitative estimate of drug-likeness (QED) is 0.620. The molecular formula is C9H3BrCl3NS. The molecule has 0 radical (unpaired) electrons. The van der Waals surface area contributed by atoms with Gasteiger partial charge in [-0.05, 0) is 33.4 Å². The van der Waals surface area contributed by atoms with Gasteiger partial charge in [-0.1, -0.05) is 34.8 Å². The summed E-state index contributed by atoms with van der Waals surface area (Å²) in [5, 5.41) is 3.06. The van der Waals surface area contributed by atoms with E-state index in [4.69, 9.17) is 34.8 Å². The molecule has 0 spiro atoms. The maximum Gasteiger partial charge on any atom is 0.148 e. The molecule has 15 heavy (non-hydrogen) atoms. The molecular weight excluding hydrogens is 340 g/mol. The summed E-state index contributed by atoms with van der Waals surface area (Å²) >= 11 is 22.6. The van der Waals surface area contributed by atoms with E-state index in [2.05, 4.69) is 20.9 Å². The number of aromatic nitrogens is 1. The minimum atomic E-state index is 0.261. The summed E-state index contributed by atoms with van der Waals surface area (Å²) in [6, 6.07) is 3.53. The van der Waals surface area contributed by atoms with Gasteiger partial charge in [0.15, 0.2) is 0 Å². The summed E-state index contributed by atoms with van der Waals surface area (Å²) in [4.78, 5) is 5.10. The minimum Gasteiger partial charge on any atom is -0.232 e. The Morgan fingerprint density at radius 3 is 2.53 bits per heavy atom. The second-order valence-corrected chi connectivity index (χ2v) is 5.63. The second kappa shape index (κ2) is 4.60. The molecule has 0 fully saturated rings. The van der Waals surface area contributed by atoms with Crippen LogP contribution in [-0.2, 0) is 0 Å². The predicted octanol–water partition coefficient (Wildman–Crippen LogP) is 5.53. The van der Waals surface area contributed by atoms with Gasteiger partial charge in [-0.25, -0.2) is 4.98 Å². The molecule has 1 nitrogen and oxygen atoms in total. The van der Waals surface area contributed by atoms with Gasteiger partial charge in [0.25, 0.3) is 0 Å². The van der Waals surface area contributed by atoms with Crippen LogP contribution in [0, 0.1) is 0 Å². The number of thiophene rings is 1. The first kappa shape index (κ1) is 11.7. The van der Waals surface area contributed by atoms with E-state index in [-0.39, 0.29) is 5.15 Å². The van der Waals surface area contributed by atoms with E-state index in [0.29, 0.717) is 15.7 Å². The molecule has 0 saturated heterocycles. The smallest absolute Gasteiger partial charge is 0.148 e. The molecule has 0 aliphatic heterocycles. The molecule has 0 bridgehead atoms. The topological polar surface area (TPSA) is 12.9 Å². The van der Waals surface area contributed by atoms with Crippen molar-refractivity contribution in [3.8, 4) is 10.6 Å². The summed E-state index contributed by atoms with van der Waals surface area (Å²) in [6.45, 7) is 0. The van der Waals surface area contributed by atoms with Crippen molar-refractivity contribution in [3.63, 3.8) is 0 Å².